The van der Waals surface area contributed by atoms with E-state index < -0.39 is 0 Å². The smallest absolute Gasteiger partial charge is 0.276 e. The van der Waals surface area contributed by atoms with Crippen LogP contribution in [-0.4, -0.2) is 27.5 Å². The Morgan fingerprint density at radius 3 is 2.59 bits per heavy atom. The molecule has 0 atom stereocenters. The zero-order valence-electron chi connectivity index (χ0n) is 16.1. The highest BCUT2D eigenvalue weighted by Gasteiger charge is 2.21. The number of thiophene rings is 1. The number of hydrogen-bond donors (Lipinski definition) is 0. The van der Waals surface area contributed by atoms with Crippen LogP contribution < -0.4 is 0 Å². The molecule has 0 fully saturated rings. The van der Waals surface area contributed by atoms with Crippen molar-refractivity contribution < 1.29 is 9.32 Å². The fourth-order valence-corrected chi connectivity index (χ4v) is 4.02. The number of aromatic nitrogens is 2. The second kappa shape index (κ2) is 8.84. The highest BCUT2D eigenvalue weighted by molar-refractivity contribution is 7.11. The van der Waals surface area contributed by atoms with E-state index in [9.17, 15) is 4.79 Å². The SMILES string of the molecule is Cc1ccc(CN(CCc2ccccc2)C(=O)c2cc(-c3ccncc3)on2)s1. The lowest BCUT2D eigenvalue weighted by molar-refractivity contribution is 0.0736. The summed E-state index contributed by atoms with van der Waals surface area (Å²) < 4.78 is 5.42. The van der Waals surface area contributed by atoms with Crippen LogP contribution in [0.15, 0.2) is 77.6 Å². The molecule has 0 saturated heterocycles. The molecule has 3 aromatic heterocycles. The monoisotopic (exact) mass is 403 g/mol. The molecule has 29 heavy (non-hydrogen) atoms. The molecule has 0 N–H and O–H groups in total. The first kappa shape index (κ1) is 19.1. The molecule has 4 rings (SSSR count). The van der Waals surface area contributed by atoms with Crippen LogP contribution in [0.4, 0.5) is 0 Å². The average Bonchev–Trinajstić information content (AvgIpc) is 3.41. The molecule has 146 valence electrons. The van der Waals surface area contributed by atoms with Crippen LogP contribution in [0.25, 0.3) is 11.3 Å². The average molecular weight is 404 g/mol. The highest BCUT2D eigenvalue weighted by Crippen LogP contribution is 2.22. The van der Waals surface area contributed by atoms with Crippen LogP contribution in [0.1, 0.15) is 25.8 Å². The lowest BCUT2D eigenvalue weighted by Gasteiger charge is -2.21. The van der Waals surface area contributed by atoms with Crippen LogP contribution in [0.3, 0.4) is 0 Å². The zero-order chi connectivity index (χ0) is 20.1. The predicted octanol–water partition coefficient (Wildman–Crippen LogP) is 4.99. The van der Waals surface area contributed by atoms with Crippen molar-refractivity contribution in [3.05, 3.63) is 94.1 Å². The van der Waals surface area contributed by atoms with Crippen LogP contribution in [0, 0.1) is 6.92 Å². The first-order chi connectivity index (χ1) is 14.2. The summed E-state index contributed by atoms with van der Waals surface area (Å²) in [6.45, 7) is 3.24. The van der Waals surface area contributed by atoms with Crippen molar-refractivity contribution >= 4 is 17.2 Å². The molecule has 4 aromatic rings. The van der Waals surface area contributed by atoms with Crippen molar-refractivity contribution in [1.82, 2.24) is 15.0 Å². The number of amides is 1. The van der Waals surface area contributed by atoms with Crippen LogP contribution in [0.2, 0.25) is 0 Å². The Hall–Kier alpha value is -3.25. The van der Waals surface area contributed by atoms with Gasteiger partial charge in [0.25, 0.3) is 5.91 Å². The Balaban J connectivity index is 1.54. The van der Waals surface area contributed by atoms with Gasteiger partial charge >= 0.3 is 0 Å². The molecule has 5 nitrogen and oxygen atoms in total. The number of benzene rings is 1. The molecule has 0 aliphatic heterocycles. The van der Waals surface area contributed by atoms with E-state index in [1.54, 1.807) is 29.8 Å². The minimum absolute atomic E-state index is 0.129. The van der Waals surface area contributed by atoms with Gasteiger partial charge in [-0.05, 0) is 43.2 Å². The fraction of sp³-hybridized carbons (Fsp3) is 0.174. The van der Waals surface area contributed by atoms with Gasteiger partial charge in [-0.2, -0.15) is 0 Å². The van der Waals surface area contributed by atoms with Crippen molar-refractivity contribution in [3.63, 3.8) is 0 Å². The van der Waals surface area contributed by atoms with Crippen molar-refractivity contribution in [2.75, 3.05) is 6.54 Å². The van der Waals surface area contributed by atoms with Gasteiger partial charge in [0.2, 0.25) is 0 Å². The van der Waals surface area contributed by atoms with E-state index in [0.717, 1.165) is 16.9 Å². The summed E-state index contributed by atoms with van der Waals surface area (Å²) in [5, 5.41) is 4.03. The maximum atomic E-state index is 13.2. The van der Waals surface area contributed by atoms with E-state index in [-0.39, 0.29) is 5.91 Å². The van der Waals surface area contributed by atoms with E-state index >= 15 is 0 Å². The lowest BCUT2D eigenvalue weighted by atomic mass is 10.1. The minimum Gasteiger partial charge on any atom is -0.355 e. The quantitative estimate of drug-likeness (QED) is 0.436. The number of nitrogens with zero attached hydrogens (tertiary/aromatic N) is 3. The summed E-state index contributed by atoms with van der Waals surface area (Å²) in [4.78, 5) is 21.5. The largest absolute Gasteiger partial charge is 0.355 e. The number of carbonyl (C=O) groups is 1. The molecule has 0 aliphatic carbocycles. The van der Waals surface area contributed by atoms with Gasteiger partial charge in [0.15, 0.2) is 11.5 Å². The Morgan fingerprint density at radius 2 is 1.86 bits per heavy atom. The molecule has 0 unspecified atom stereocenters. The standard InChI is InChI=1S/C23H21N3O2S/c1-17-7-8-20(29-17)16-26(14-11-18-5-3-2-4-6-18)23(27)21-15-22(28-25-21)19-9-12-24-13-10-19/h2-10,12-13,15H,11,14,16H2,1H3. The third kappa shape index (κ3) is 4.78. The Labute approximate surface area is 173 Å². The molecule has 3 heterocycles. The maximum absolute atomic E-state index is 13.2. The van der Waals surface area contributed by atoms with E-state index in [1.165, 1.54) is 10.4 Å². The van der Waals surface area contributed by atoms with Crippen LogP contribution in [-0.2, 0) is 13.0 Å². The summed E-state index contributed by atoms with van der Waals surface area (Å²) >= 11 is 1.71. The summed E-state index contributed by atoms with van der Waals surface area (Å²) in [6, 6.07) is 19.7. The molecule has 0 saturated carbocycles. The van der Waals surface area contributed by atoms with Crippen molar-refractivity contribution in [2.45, 2.75) is 19.9 Å². The second-order valence-corrected chi connectivity index (χ2v) is 8.16. The van der Waals surface area contributed by atoms with Gasteiger partial charge in [0.1, 0.15) is 0 Å². The number of rotatable bonds is 7. The Bertz CT molecular complexity index is 1070. The normalized spacial score (nSPS) is 10.8. The van der Waals surface area contributed by atoms with Gasteiger partial charge in [0.05, 0.1) is 6.54 Å². The van der Waals surface area contributed by atoms with E-state index in [0.29, 0.717) is 24.5 Å². The van der Waals surface area contributed by atoms with Gasteiger partial charge in [-0.3, -0.25) is 9.78 Å². The van der Waals surface area contributed by atoms with Crippen molar-refractivity contribution in [3.8, 4) is 11.3 Å². The second-order valence-electron chi connectivity index (χ2n) is 6.79. The number of hydrogen-bond acceptors (Lipinski definition) is 5. The zero-order valence-corrected chi connectivity index (χ0v) is 16.9. The number of pyridine rings is 1. The van der Waals surface area contributed by atoms with Crippen molar-refractivity contribution in [1.29, 1.82) is 0 Å². The molecule has 0 bridgehead atoms. The summed E-state index contributed by atoms with van der Waals surface area (Å²) in [6.07, 6.45) is 4.15. The van der Waals surface area contributed by atoms with Gasteiger partial charge in [-0.25, -0.2) is 0 Å². The van der Waals surface area contributed by atoms with Gasteiger partial charge in [-0.15, -0.1) is 11.3 Å². The maximum Gasteiger partial charge on any atom is 0.276 e. The molecule has 1 amide bonds. The number of carbonyl (C=O) groups excluding carboxylic acids is 1. The van der Waals surface area contributed by atoms with E-state index in [1.807, 2.05) is 35.2 Å². The minimum atomic E-state index is -0.129. The molecule has 0 radical (unpaired) electrons. The molecule has 6 heteroatoms. The van der Waals surface area contributed by atoms with E-state index in [4.69, 9.17) is 4.52 Å². The first-order valence-corrected chi connectivity index (χ1v) is 10.3. The fourth-order valence-electron chi connectivity index (χ4n) is 3.11. The van der Waals surface area contributed by atoms with E-state index in [2.05, 4.69) is 41.3 Å². The van der Waals surface area contributed by atoms with Gasteiger partial charge < -0.3 is 9.42 Å². The molecule has 1 aromatic carbocycles. The topological polar surface area (TPSA) is 59.2 Å². The van der Waals surface area contributed by atoms with Crippen molar-refractivity contribution in [2.24, 2.45) is 0 Å². The summed E-state index contributed by atoms with van der Waals surface area (Å²) in [5.74, 6) is 0.432. The summed E-state index contributed by atoms with van der Waals surface area (Å²) in [7, 11) is 0. The number of aryl methyl sites for hydroxylation is 1. The van der Waals surface area contributed by atoms with Crippen LogP contribution in [0.5, 0.6) is 0 Å². The molecular formula is C23H21N3O2S. The Kier molecular flexibility index (Phi) is 5.81. The molecule has 0 spiro atoms. The third-order valence-corrected chi connectivity index (χ3v) is 5.62. The Morgan fingerprint density at radius 1 is 1.07 bits per heavy atom. The summed E-state index contributed by atoms with van der Waals surface area (Å²) in [5.41, 5.74) is 2.36. The lowest BCUT2D eigenvalue weighted by Crippen LogP contribution is -2.32. The first-order valence-electron chi connectivity index (χ1n) is 9.44. The van der Waals surface area contributed by atoms with Gasteiger partial charge in [0, 0.05) is 40.3 Å². The molecule has 0 aliphatic rings. The third-order valence-electron chi connectivity index (χ3n) is 4.64. The predicted molar refractivity (Wildman–Crippen MR) is 114 cm³/mol. The van der Waals surface area contributed by atoms with Gasteiger partial charge in [-0.1, -0.05) is 35.5 Å². The van der Waals surface area contributed by atoms with Crippen LogP contribution >= 0.6 is 11.3 Å². The highest BCUT2D eigenvalue weighted by atomic mass is 32.1. The molecular weight excluding hydrogens is 382 g/mol.